The molecule has 0 aromatic rings. The maximum Gasteiger partial charge on any atom is 0.320 e. The molecule has 0 saturated carbocycles. The van der Waals surface area contributed by atoms with Crippen LogP contribution in [0.3, 0.4) is 0 Å². The Morgan fingerprint density at radius 3 is 1.80 bits per heavy atom. The Balaban J connectivity index is 4.65. The molecule has 0 radical (unpaired) electrons. The van der Waals surface area contributed by atoms with Gasteiger partial charge in [0, 0.05) is 6.42 Å². The third kappa shape index (κ3) is 4.01. The SMILES string of the molecule is C/C=C(\CC(C(=O)OC)C(=O)OC)OC. The number of carbonyl (C=O) groups is 2. The monoisotopic (exact) mass is 216 g/mol. The number of carbonyl (C=O) groups excluding carboxylic acids is 2. The Bertz CT molecular complexity index is 241. The van der Waals surface area contributed by atoms with Gasteiger partial charge >= 0.3 is 11.9 Å². The minimum atomic E-state index is -0.967. The van der Waals surface area contributed by atoms with Crippen molar-refractivity contribution in [1.82, 2.24) is 0 Å². The van der Waals surface area contributed by atoms with Gasteiger partial charge in [0.25, 0.3) is 0 Å². The molecule has 0 atom stereocenters. The molecule has 0 N–H and O–H groups in total. The molecule has 0 amide bonds. The molecule has 15 heavy (non-hydrogen) atoms. The van der Waals surface area contributed by atoms with E-state index >= 15 is 0 Å². The van der Waals surface area contributed by atoms with Crippen LogP contribution in [0.4, 0.5) is 0 Å². The van der Waals surface area contributed by atoms with Crippen LogP contribution < -0.4 is 0 Å². The van der Waals surface area contributed by atoms with Gasteiger partial charge < -0.3 is 14.2 Å². The summed E-state index contributed by atoms with van der Waals surface area (Å²) in [5.74, 6) is -1.68. The topological polar surface area (TPSA) is 61.8 Å². The van der Waals surface area contributed by atoms with Crippen LogP contribution in [0.2, 0.25) is 0 Å². The summed E-state index contributed by atoms with van der Waals surface area (Å²) in [5.41, 5.74) is 0. The van der Waals surface area contributed by atoms with Gasteiger partial charge in [-0.2, -0.15) is 0 Å². The highest BCUT2D eigenvalue weighted by atomic mass is 16.5. The number of hydrogen-bond acceptors (Lipinski definition) is 5. The Labute approximate surface area is 89.0 Å². The Morgan fingerprint density at radius 2 is 1.53 bits per heavy atom. The molecule has 0 bridgehead atoms. The first-order chi connectivity index (χ1) is 7.10. The van der Waals surface area contributed by atoms with Crippen molar-refractivity contribution in [3.63, 3.8) is 0 Å². The summed E-state index contributed by atoms with van der Waals surface area (Å²) in [4.78, 5) is 22.5. The number of rotatable bonds is 5. The summed E-state index contributed by atoms with van der Waals surface area (Å²) in [5, 5.41) is 0. The lowest BCUT2D eigenvalue weighted by molar-refractivity contribution is -0.159. The summed E-state index contributed by atoms with van der Waals surface area (Å²) in [6.07, 6.45) is 1.82. The van der Waals surface area contributed by atoms with Crippen LogP contribution in [0.15, 0.2) is 11.8 Å². The quantitative estimate of drug-likeness (QED) is 0.388. The van der Waals surface area contributed by atoms with E-state index in [-0.39, 0.29) is 6.42 Å². The van der Waals surface area contributed by atoms with Gasteiger partial charge in [-0.15, -0.1) is 0 Å². The van der Waals surface area contributed by atoms with Crippen LogP contribution in [0.25, 0.3) is 0 Å². The smallest absolute Gasteiger partial charge is 0.320 e. The molecule has 0 heterocycles. The summed E-state index contributed by atoms with van der Waals surface area (Å²) >= 11 is 0. The molecular weight excluding hydrogens is 200 g/mol. The summed E-state index contributed by atoms with van der Waals surface area (Å²) in [6.45, 7) is 1.75. The average molecular weight is 216 g/mol. The van der Waals surface area contributed by atoms with E-state index in [1.54, 1.807) is 13.0 Å². The third-order valence-corrected chi connectivity index (χ3v) is 1.96. The van der Waals surface area contributed by atoms with Gasteiger partial charge in [-0.3, -0.25) is 9.59 Å². The number of esters is 2. The van der Waals surface area contributed by atoms with E-state index in [0.29, 0.717) is 5.76 Å². The van der Waals surface area contributed by atoms with Crippen LogP contribution in [-0.4, -0.2) is 33.3 Å². The second kappa shape index (κ2) is 6.86. The van der Waals surface area contributed by atoms with Crippen LogP contribution >= 0.6 is 0 Å². The molecule has 0 aliphatic rings. The van der Waals surface area contributed by atoms with Crippen molar-refractivity contribution >= 4 is 11.9 Å². The van der Waals surface area contributed by atoms with Gasteiger partial charge in [-0.05, 0) is 13.0 Å². The van der Waals surface area contributed by atoms with Crippen molar-refractivity contribution in [3.8, 4) is 0 Å². The molecule has 0 rings (SSSR count). The van der Waals surface area contributed by atoms with E-state index in [0.717, 1.165) is 0 Å². The summed E-state index contributed by atoms with van der Waals surface area (Å²) in [6, 6.07) is 0. The van der Waals surface area contributed by atoms with Crippen molar-refractivity contribution in [3.05, 3.63) is 11.8 Å². The van der Waals surface area contributed by atoms with Gasteiger partial charge in [-0.25, -0.2) is 0 Å². The van der Waals surface area contributed by atoms with Crippen molar-refractivity contribution in [2.75, 3.05) is 21.3 Å². The second-order valence-electron chi connectivity index (χ2n) is 2.76. The van der Waals surface area contributed by atoms with Gasteiger partial charge in [0.05, 0.1) is 27.1 Å². The molecule has 0 unspecified atom stereocenters. The van der Waals surface area contributed by atoms with Crippen molar-refractivity contribution in [2.24, 2.45) is 5.92 Å². The maximum atomic E-state index is 11.3. The van der Waals surface area contributed by atoms with Crippen molar-refractivity contribution < 1.29 is 23.8 Å². The predicted octanol–water partition coefficient (Wildman–Crippen LogP) is 0.889. The van der Waals surface area contributed by atoms with Crippen molar-refractivity contribution in [2.45, 2.75) is 13.3 Å². The molecule has 0 fully saturated rings. The average Bonchev–Trinajstić information content (AvgIpc) is 2.29. The minimum Gasteiger partial charge on any atom is -0.501 e. The first kappa shape index (κ1) is 13.5. The Kier molecular flexibility index (Phi) is 6.17. The number of hydrogen-bond donors (Lipinski definition) is 0. The zero-order valence-electron chi connectivity index (χ0n) is 9.40. The summed E-state index contributed by atoms with van der Waals surface area (Å²) in [7, 11) is 3.92. The lowest BCUT2D eigenvalue weighted by Gasteiger charge is -2.13. The molecular formula is C10H16O5. The fraction of sp³-hybridized carbons (Fsp3) is 0.600. The van der Waals surface area contributed by atoms with Crippen LogP contribution in [0, 0.1) is 5.92 Å². The minimum absolute atomic E-state index is 0.145. The molecule has 0 aliphatic carbocycles. The van der Waals surface area contributed by atoms with E-state index in [1.165, 1.54) is 21.3 Å². The first-order valence-electron chi connectivity index (χ1n) is 4.45. The lowest BCUT2D eigenvalue weighted by Crippen LogP contribution is -2.27. The zero-order chi connectivity index (χ0) is 11.8. The molecule has 0 saturated heterocycles. The van der Waals surface area contributed by atoms with Gasteiger partial charge in [-0.1, -0.05) is 0 Å². The number of methoxy groups -OCH3 is 3. The molecule has 5 heteroatoms. The third-order valence-electron chi connectivity index (χ3n) is 1.96. The second-order valence-corrected chi connectivity index (χ2v) is 2.76. The van der Waals surface area contributed by atoms with Gasteiger partial charge in [0.1, 0.15) is 0 Å². The van der Waals surface area contributed by atoms with E-state index in [2.05, 4.69) is 9.47 Å². The molecule has 0 aromatic heterocycles. The number of ether oxygens (including phenoxy) is 3. The van der Waals surface area contributed by atoms with E-state index < -0.39 is 17.9 Å². The van der Waals surface area contributed by atoms with E-state index in [4.69, 9.17) is 4.74 Å². The standard InChI is InChI=1S/C10H16O5/c1-5-7(13-2)6-8(9(11)14-3)10(12)15-4/h5,8H,6H2,1-4H3/b7-5+. The highest BCUT2D eigenvalue weighted by Crippen LogP contribution is 2.15. The zero-order valence-corrected chi connectivity index (χ0v) is 9.40. The normalized spacial score (nSPS) is 11.1. The van der Waals surface area contributed by atoms with Crippen LogP contribution in [-0.2, 0) is 23.8 Å². The number of allylic oxidation sites excluding steroid dienone is 2. The fourth-order valence-electron chi connectivity index (χ4n) is 1.07. The molecule has 0 aromatic carbocycles. The van der Waals surface area contributed by atoms with Crippen molar-refractivity contribution in [1.29, 1.82) is 0 Å². The Morgan fingerprint density at radius 1 is 1.07 bits per heavy atom. The van der Waals surface area contributed by atoms with E-state index in [9.17, 15) is 9.59 Å². The fourth-order valence-corrected chi connectivity index (χ4v) is 1.07. The van der Waals surface area contributed by atoms with Crippen LogP contribution in [0.5, 0.6) is 0 Å². The Hall–Kier alpha value is -1.52. The lowest BCUT2D eigenvalue weighted by atomic mass is 10.0. The van der Waals surface area contributed by atoms with Gasteiger partial charge in [0.2, 0.25) is 0 Å². The molecule has 5 nitrogen and oxygen atoms in total. The molecule has 0 aliphatic heterocycles. The highest BCUT2D eigenvalue weighted by Gasteiger charge is 2.29. The molecule has 0 spiro atoms. The maximum absolute atomic E-state index is 11.3. The predicted molar refractivity (Wildman–Crippen MR) is 52.9 cm³/mol. The van der Waals surface area contributed by atoms with Gasteiger partial charge in [0.15, 0.2) is 5.92 Å². The highest BCUT2D eigenvalue weighted by molar-refractivity contribution is 5.95. The summed E-state index contributed by atoms with van der Waals surface area (Å²) < 4.78 is 14.0. The first-order valence-corrected chi connectivity index (χ1v) is 4.45. The van der Waals surface area contributed by atoms with E-state index in [1.807, 2.05) is 0 Å². The largest absolute Gasteiger partial charge is 0.501 e. The molecule has 86 valence electrons. The van der Waals surface area contributed by atoms with Crippen LogP contribution in [0.1, 0.15) is 13.3 Å².